The van der Waals surface area contributed by atoms with E-state index in [2.05, 4.69) is 4.98 Å². The lowest BCUT2D eigenvalue weighted by molar-refractivity contribution is 0.631. The number of hydrogen-bond acceptors (Lipinski definition) is 1. The molecular weight excluding hydrogens is 145 g/mol. The molecule has 0 fully saturated rings. The molecule has 0 aliphatic heterocycles. The highest BCUT2D eigenvalue weighted by Crippen LogP contribution is 1.91. The molecule has 10 heavy (non-hydrogen) atoms. The minimum atomic E-state index is -0.728. The quantitative estimate of drug-likeness (QED) is 0.554. The van der Waals surface area contributed by atoms with E-state index >= 15 is 0 Å². The van der Waals surface area contributed by atoms with Crippen molar-refractivity contribution in [2.45, 2.75) is 13.1 Å². The Morgan fingerprint density at radius 1 is 1.50 bits per heavy atom. The Morgan fingerprint density at radius 3 is 2.60 bits per heavy atom. The second kappa shape index (κ2) is 2.92. The molecule has 1 aromatic heterocycles. The van der Waals surface area contributed by atoms with Crippen molar-refractivity contribution in [2.24, 2.45) is 0 Å². The van der Waals surface area contributed by atoms with Crippen molar-refractivity contribution < 1.29 is 4.39 Å². The summed E-state index contributed by atoms with van der Waals surface area (Å²) in [7, 11) is -0.728. The van der Waals surface area contributed by atoms with Crippen LogP contribution in [0.3, 0.4) is 0 Å². The van der Waals surface area contributed by atoms with Gasteiger partial charge < -0.3 is 0 Å². The van der Waals surface area contributed by atoms with Gasteiger partial charge in [0, 0.05) is 6.20 Å². The number of aromatic nitrogens is 1. The fourth-order valence-electron chi connectivity index (χ4n) is 0.754. The smallest absolute Gasteiger partial charge is 0.139 e. The van der Waals surface area contributed by atoms with Crippen molar-refractivity contribution >= 4 is 14.1 Å². The zero-order chi connectivity index (χ0) is 7.56. The molecule has 0 aromatic carbocycles. The van der Waals surface area contributed by atoms with Crippen LogP contribution < -0.4 is 5.32 Å². The fourth-order valence-corrected chi connectivity index (χ4v) is 1.65. The Balaban J connectivity index is 3.03. The van der Waals surface area contributed by atoms with Gasteiger partial charge in [-0.2, -0.15) is 0 Å². The van der Waals surface area contributed by atoms with E-state index in [1.807, 2.05) is 13.1 Å². The van der Waals surface area contributed by atoms with Crippen LogP contribution in [0.2, 0.25) is 13.1 Å². The Labute approximate surface area is 61.5 Å². The van der Waals surface area contributed by atoms with Crippen LogP contribution in [-0.2, 0) is 0 Å². The highest BCUT2D eigenvalue weighted by molar-refractivity contribution is 6.69. The number of pyridine rings is 1. The molecule has 1 radical (unpaired) electrons. The average Bonchev–Trinajstić information content (AvgIpc) is 1.88. The predicted octanol–water partition coefficient (Wildman–Crippen LogP) is 1.18. The second-order valence-electron chi connectivity index (χ2n) is 2.33. The summed E-state index contributed by atoms with van der Waals surface area (Å²) in [6, 6.07) is 3.07. The predicted molar refractivity (Wildman–Crippen MR) is 41.3 cm³/mol. The lowest BCUT2D eigenvalue weighted by Crippen LogP contribution is -2.29. The number of rotatable bonds is 1. The van der Waals surface area contributed by atoms with Gasteiger partial charge in [0.15, 0.2) is 0 Å². The summed E-state index contributed by atoms with van der Waals surface area (Å²) in [6.45, 7) is 4.05. The first-order valence-corrected chi connectivity index (χ1v) is 5.63. The van der Waals surface area contributed by atoms with E-state index in [0.717, 1.165) is 0 Å². The van der Waals surface area contributed by atoms with Gasteiger partial charge in [0.2, 0.25) is 0 Å². The lowest BCUT2D eigenvalue weighted by Gasteiger charge is -2.01. The van der Waals surface area contributed by atoms with E-state index in [1.165, 1.54) is 6.07 Å². The molecule has 53 valence electrons. The largest absolute Gasteiger partial charge is 0.263 e. The van der Waals surface area contributed by atoms with Crippen molar-refractivity contribution in [2.75, 3.05) is 0 Å². The molecule has 1 aromatic rings. The Kier molecular flexibility index (Phi) is 2.16. The molecule has 0 N–H and O–H groups in total. The van der Waals surface area contributed by atoms with Crippen LogP contribution in [0.1, 0.15) is 0 Å². The molecular formula is C7H9FNSi. The molecule has 0 aliphatic rings. The third kappa shape index (κ3) is 1.42. The normalized spacial score (nSPS) is 10.4. The molecule has 0 bridgehead atoms. The van der Waals surface area contributed by atoms with Gasteiger partial charge in [-0.1, -0.05) is 13.1 Å². The van der Waals surface area contributed by atoms with Gasteiger partial charge in [0.25, 0.3) is 0 Å². The van der Waals surface area contributed by atoms with Crippen LogP contribution in [0.5, 0.6) is 0 Å². The monoisotopic (exact) mass is 154 g/mol. The Hall–Kier alpha value is -0.703. The minimum Gasteiger partial charge on any atom is -0.263 e. The van der Waals surface area contributed by atoms with Crippen LogP contribution in [0.25, 0.3) is 0 Å². The van der Waals surface area contributed by atoms with Crippen molar-refractivity contribution in [1.29, 1.82) is 0 Å². The molecule has 1 nitrogen and oxygen atoms in total. The van der Waals surface area contributed by atoms with Gasteiger partial charge in [-0.05, 0) is 12.1 Å². The zero-order valence-corrected chi connectivity index (χ0v) is 7.06. The number of hydrogen-bond donors (Lipinski definition) is 0. The highest BCUT2D eigenvalue weighted by atomic mass is 28.3. The molecule has 3 heteroatoms. The first-order chi connectivity index (χ1) is 4.72. The summed E-state index contributed by atoms with van der Waals surface area (Å²) in [5, 5.41) is 0.646. The van der Waals surface area contributed by atoms with Crippen molar-refractivity contribution in [3.8, 4) is 0 Å². The summed E-state index contributed by atoms with van der Waals surface area (Å²) in [6.07, 6.45) is 1.64. The van der Waals surface area contributed by atoms with Crippen molar-refractivity contribution in [3.63, 3.8) is 0 Å². The maximum absolute atomic E-state index is 12.8. The number of halogens is 1. The molecule has 0 aliphatic carbocycles. The Morgan fingerprint density at radius 2 is 2.20 bits per heavy atom. The van der Waals surface area contributed by atoms with Crippen LogP contribution in [-0.4, -0.2) is 13.8 Å². The molecule has 0 saturated heterocycles. The van der Waals surface area contributed by atoms with Crippen LogP contribution in [0.4, 0.5) is 4.39 Å². The summed E-state index contributed by atoms with van der Waals surface area (Å²) >= 11 is 0. The third-order valence-electron chi connectivity index (χ3n) is 1.23. The van der Waals surface area contributed by atoms with E-state index in [9.17, 15) is 4.39 Å². The summed E-state index contributed by atoms with van der Waals surface area (Å²) in [5.74, 6) is -0.165. The molecule has 1 heterocycles. The van der Waals surface area contributed by atoms with Gasteiger partial charge in [-0.3, -0.25) is 4.98 Å². The Bertz CT molecular complexity index is 225. The van der Waals surface area contributed by atoms with E-state index in [4.69, 9.17) is 0 Å². The fraction of sp³-hybridized carbons (Fsp3) is 0.286. The van der Waals surface area contributed by atoms with E-state index in [1.54, 1.807) is 12.3 Å². The van der Waals surface area contributed by atoms with Gasteiger partial charge in [-0.15, -0.1) is 0 Å². The third-order valence-corrected chi connectivity index (χ3v) is 2.55. The maximum Gasteiger partial charge on any atom is 0.139 e. The van der Waals surface area contributed by atoms with Gasteiger partial charge in [-0.25, -0.2) is 4.39 Å². The van der Waals surface area contributed by atoms with Gasteiger partial charge in [0.1, 0.15) is 14.6 Å². The molecule has 1 rings (SSSR count). The van der Waals surface area contributed by atoms with E-state index in [-0.39, 0.29) is 5.82 Å². The minimum absolute atomic E-state index is 0.165. The van der Waals surface area contributed by atoms with Crippen LogP contribution >= 0.6 is 0 Å². The average molecular weight is 154 g/mol. The van der Waals surface area contributed by atoms with E-state index in [0.29, 0.717) is 5.32 Å². The molecule has 0 amide bonds. The standard InChI is InChI=1S/C7H9FNSi/c1-10(2)7-6(8)4-3-5-9-7/h3-5H,1-2H3. The maximum atomic E-state index is 12.8. The van der Waals surface area contributed by atoms with Crippen LogP contribution in [0.15, 0.2) is 18.3 Å². The number of nitrogens with zero attached hydrogens (tertiary/aromatic N) is 1. The highest BCUT2D eigenvalue weighted by Gasteiger charge is 2.06. The van der Waals surface area contributed by atoms with Gasteiger partial charge >= 0.3 is 0 Å². The van der Waals surface area contributed by atoms with Crippen molar-refractivity contribution in [3.05, 3.63) is 24.1 Å². The summed E-state index contributed by atoms with van der Waals surface area (Å²) < 4.78 is 12.8. The SMILES string of the molecule is C[Si](C)c1ncccc1F. The molecule has 0 spiro atoms. The first-order valence-electron chi connectivity index (χ1n) is 3.13. The second-order valence-corrected chi connectivity index (χ2v) is 4.81. The summed E-state index contributed by atoms with van der Waals surface area (Å²) in [5.41, 5.74) is 0. The van der Waals surface area contributed by atoms with E-state index < -0.39 is 8.80 Å². The summed E-state index contributed by atoms with van der Waals surface area (Å²) in [4.78, 5) is 3.95. The van der Waals surface area contributed by atoms with Crippen LogP contribution in [0, 0.1) is 5.82 Å². The van der Waals surface area contributed by atoms with Gasteiger partial charge in [0.05, 0.1) is 5.32 Å². The molecule has 0 saturated carbocycles. The van der Waals surface area contributed by atoms with Crippen molar-refractivity contribution in [1.82, 2.24) is 4.98 Å². The lowest BCUT2D eigenvalue weighted by atomic mass is 10.5. The molecule has 0 unspecified atom stereocenters. The zero-order valence-electron chi connectivity index (χ0n) is 6.06. The first kappa shape index (κ1) is 7.40. The molecule has 0 atom stereocenters. The topological polar surface area (TPSA) is 12.9 Å².